The maximum Gasteiger partial charge on any atom is 0.226 e. The zero-order chi connectivity index (χ0) is 15.3. The third kappa shape index (κ3) is 1.91. The molecule has 0 fully saturated rings. The Morgan fingerprint density at radius 3 is 3.05 bits per heavy atom. The van der Waals surface area contributed by atoms with E-state index in [2.05, 4.69) is 22.3 Å². The summed E-state index contributed by atoms with van der Waals surface area (Å²) < 4.78 is 1.71. The van der Waals surface area contributed by atoms with Gasteiger partial charge in [-0.2, -0.15) is 10.1 Å². The molecular formula is C16H16N4O2. The molecule has 1 aromatic heterocycles. The summed E-state index contributed by atoms with van der Waals surface area (Å²) in [5.74, 6) is 1.26. The van der Waals surface area contributed by atoms with E-state index in [1.54, 1.807) is 22.9 Å². The molecule has 4 rings (SSSR count). The van der Waals surface area contributed by atoms with E-state index in [9.17, 15) is 9.90 Å². The number of anilines is 1. The third-order valence-electron chi connectivity index (χ3n) is 4.25. The molecule has 2 N–H and O–H groups in total. The minimum atomic E-state index is -0.333. The number of phenolic OH excluding ortho intramolecular Hbond substituents is 1. The number of carbonyl (C=O) groups excluding carboxylic acids is 1. The lowest BCUT2D eigenvalue weighted by molar-refractivity contribution is -0.117. The van der Waals surface area contributed by atoms with Crippen molar-refractivity contribution in [3.05, 3.63) is 47.4 Å². The number of benzene rings is 1. The highest BCUT2D eigenvalue weighted by Crippen LogP contribution is 2.41. The second-order valence-electron chi connectivity index (χ2n) is 5.98. The van der Waals surface area contributed by atoms with Gasteiger partial charge >= 0.3 is 0 Å². The Labute approximate surface area is 127 Å². The van der Waals surface area contributed by atoms with Crippen LogP contribution in [0.1, 0.15) is 31.4 Å². The molecule has 22 heavy (non-hydrogen) atoms. The fourth-order valence-corrected chi connectivity index (χ4v) is 3.35. The van der Waals surface area contributed by atoms with Gasteiger partial charge in [-0.25, -0.2) is 4.68 Å². The molecule has 1 aromatic carbocycles. The summed E-state index contributed by atoms with van der Waals surface area (Å²) in [6.07, 6.45) is 2.84. The lowest BCUT2D eigenvalue weighted by atomic mass is 9.81. The number of phenols is 1. The zero-order valence-electron chi connectivity index (χ0n) is 12.2. The van der Waals surface area contributed by atoms with Crippen molar-refractivity contribution in [3.63, 3.8) is 0 Å². The Morgan fingerprint density at radius 2 is 2.23 bits per heavy atom. The van der Waals surface area contributed by atoms with Gasteiger partial charge in [0.05, 0.1) is 0 Å². The third-order valence-corrected chi connectivity index (χ3v) is 4.25. The monoisotopic (exact) mass is 296 g/mol. The van der Waals surface area contributed by atoms with Crippen LogP contribution in [0.3, 0.4) is 0 Å². The molecule has 1 aliphatic carbocycles. The SMILES string of the molecule is C[C@@H]1CC(=O)C2=C(C1)Nc1ncnn1[C@@H]2c1cccc(O)c1. The Kier molecular flexibility index (Phi) is 2.79. The van der Waals surface area contributed by atoms with Gasteiger partial charge in [0.15, 0.2) is 5.78 Å². The van der Waals surface area contributed by atoms with E-state index in [-0.39, 0.29) is 17.6 Å². The van der Waals surface area contributed by atoms with Crippen LogP contribution >= 0.6 is 0 Å². The van der Waals surface area contributed by atoms with Crippen LogP contribution in [0.15, 0.2) is 41.9 Å². The van der Waals surface area contributed by atoms with Crippen molar-refractivity contribution >= 4 is 11.7 Å². The Bertz CT molecular complexity index is 793. The average Bonchev–Trinajstić information content (AvgIpc) is 2.92. The second-order valence-corrected chi connectivity index (χ2v) is 5.98. The van der Waals surface area contributed by atoms with E-state index < -0.39 is 0 Å². The number of nitrogens with one attached hydrogen (secondary N) is 1. The normalized spacial score (nSPS) is 23.8. The predicted molar refractivity (Wildman–Crippen MR) is 80.3 cm³/mol. The van der Waals surface area contributed by atoms with Crippen LogP contribution < -0.4 is 5.32 Å². The Hall–Kier alpha value is -2.63. The lowest BCUT2D eigenvalue weighted by Crippen LogP contribution is -2.33. The van der Waals surface area contributed by atoms with Gasteiger partial charge in [0, 0.05) is 17.7 Å². The quantitative estimate of drug-likeness (QED) is 0.843. The first-order valence-corrected chi connectivity index (χ1v) is 7.35. The van der Waals surface area contributed by atoms with Crippen molar-refractivity contribution in [1.82, 2.24) is 14.8 Å². The van der Waals surface area contributed by atoms with Gasteiger partial charge in [-0.3, -0.25) is 4.79 Å². The van der Waals surface area contributed by atoms with Crippen LogP contribution in [0.4, 0.5) is 5.95 Å². The first kappa shape index (κ1) is 13.1. The van der Waals surface area contributed by atoms with Gasteiger partial charge in [-0.05, 0) is 30.0 Å². The smallest absolute Gasteiger partial charge is 0.226 e. The molecule has 6 heteroatoms. The van der Waals surface area contributed by atoms with Crippen molar-refractivity contribution in [2.75, 3.05) is 5.32 Å². The summed E-state index contributed by atoms with van der Waals surface area (Å²) in [4.78, 5) is 16.8. The number of aromatic nitrogens is 3. The number of ketones is 1. The number of Topliss-reactive ketones (excluding diaryl/α,β-unsaturated/α-hetero) is 1. The van der Waals surface area contributed by atoms with Gasteiger partial charge < -0.3 is 10.4 Å². The molecule has 0 amide bonds. The van der Waals surface area contributed by atoms with Crippen LogP contribution in [-0.2, 0) is 4.79 Å². The van der Waals surface area contributed by atoms with Crippen molar-refractivity contribution in [1.29, 1.82) is 0 Å². The van der Waals surface area contributed by atoms with Crippen LogP contribution in [-0.4, -0.2) is 25.7 Å². The fourth-order valence-electron chi connectivity index (χ4n) is 3.35. The number of aromatic hydroxyl groups is 1. The number of carbonyl (C=O) groups is 1. The van der Waals surface area contributed by atoms with Gasteiger partial charge in [-0.15, -0.1) is 0 Å². The van der Waals surface area contributed by atoms with Crippen LogP contribution in [0, 0.1) is 5.92 Å². The molecule has 112 valence electrons. The van der Waals surface area contributed by atoms with E-state index in [4.69, 9.17) is 0 Å². The number of allylic oxidation sites excluding steroid dienone is 2. The van der Waals surface area contributed by atoms with E-state index in [1.807, 2.05) is 6.07 Å². The molecule has 0 radical (unpaired) electrons. The van der Waals surface area contributed by atoms with Crippen molar-refractivity contribution in [2.45, 2.75) is 25.8 Å². The molecule has 1 aliphatic heterocycles. The van der Waals surface area contributed by atoms with Crippen molar-refractivity contribution < 1.29 is 9.90 Å². The van der Waals surface area contributed by atoms with Crippen LogP contribution in [0.2, 0.25) is 0 Å². The maximum absolute atomic E-state index is 12.6. The summed E-state index contributed by atoms with van der Waals surface area (Å²) in [5, 5.41) is 17.3. The van der Waals surface area contributed by atoms with Crippen LogP contribution in [0.25, 0.3) is 0 Å². The summed E-state index contributed by atoms with van der Waals surface area (Å²) in [5.41, 5.74) is 2.50. The average molecular weight is 296 g/mol. The van der Waals surface area contributed by atoms with E-state index in [1.165, 1.54) is 6.33 Å². The second kappa shape index (κ2) is 4.69. The number of hydrogen-bond donors (Lipinski definition) is 2. The molecule has 0 saturated heterocycles. The van der Waals surface area contributed by atoms with E-state index in [0.717, 1.165) is 23.3 Å². The minimum Gasteiger partial charge on any atom is -0.508 e. The predicted octanol–water partition coefficient (Wildman–Crippen LogP) is 2.25. The fraction of sp³-hybridized carbons (Fsp3) is 0.312. The summed E-state index contributed by atoms with van der Waals surface area (Å²) in [7, 11) is 0. The largest absolute Gasteiger partial charge is 0.508 e. The topological polar surface area (TPSA) is 80.0 Å². The lowest BCUT2D eigenvalue weighted by Gasteiger charge is -2.34. The highest BCUT2D eigenvalue weighted by atomic mass is 16.3. The summed E-state index contributed by atoms with van der Waals surface area (Å²) in [6.45, 7) is 2.08. The number of fused-ring (bicyclic) bond motifs is 1. The number of rotatable bonds is 1. The number of nitrogens with zero attached hydrogens (tertiary/aromatic N) is 3. The van der Waals surface area contributed by atoms with E-state index in [0.29, 0.717) is 18.3 Å². The summed E-state index contributed by atoms with van der Waals surface area (Å²) in [6, 6.07) is 6.64. The molecule has 0 unspecified atom stereocenters. The number of hydrogen-bond acceptors (Lipinski definition) is 5. The standard InChI is InChI=1S/C16H16N4O2/c1-9-5-12-14(13(22)6-9)15(10-3-2-4-11(21)7-10)20-16(19-12)17-8-18-20/h2-4,7-9,15,21H,5-6H2,1H3,(H,17,18,19)/t9-,15+/m0/s1. The molecule has 6 nitrogen and oxygen atoms in total. The maximum atomic E-state index is 12.6. The molecule has 0 spiro atoms. The van der Waals surface area contributed by atoms with Gasteiger partial charge in [0.2, 0.25) is 5.95 Å². The molecule has 2 aromatic rings. The van der Waals surface area contributed by atoms with Crippen molar-refractivity contribution in [2.24, 2.45) is 5.92 Å². The zero-order valence-corrected chi connectivity index (χ0v) is 12.2. The Morgan fingerprint density at radius 1 is 1.36 bits per heavy atom. The summed E-state index contributed by atoms with van der Waals surface area (Å²) >= 11 is 0. The first-order chi connectivity index (χ1) is 10.6. The van der Waals surface area contributed by atoms with Gasteiger partial charge in [-0.1, -0.05) is 19.1 Å². The van der Waals surface area contributed by atoms with Crippen LogP contribution in [0.5, 0.6) is 5.75 Å². The minimum absolute atomic E-state index is 0.135. The highest BCUT2D eigenvalue weighted by molar-refractivity contribution is 5.99. The van der Waals surface area contributed by atoms with E-state index >= 15 is 0 Å². The first-order valence-electron chi connectivity index (χ1n) is 7.35. The van der Waals surface area contributed by atoms with Gasteiger partial charge in [0.25, 0.3) is 0 Å². The molecule has 2 atom stereocenters. The molecule has 2 aliphatic rings. The van der Waals surface area contributed by atoms with Gasteiger partial charge in [0.1, 0.15) is 18.1 Å². The molecule has 0 bridgehead atoms. The molecule has 2 heterocycles. The Balaban J connectivity index is 1.92. The molecular weight excluding hydrogens is 280 g/mol. The molecule has 0 saturated carbocycles. The van der Waals surface area contributed by atoms with Crippen molar-refractivity contribution in [3.8, 4) is 5.75 Å². The highest BCUT2D eigenvalue weighted by Gasteiger charge is 2.37.